The van der Waals surface area contributed by atoms with E-state index in [2.05, 4.69) is 32.9 Å². The van der Waals surface area contributed by atoms with Crippen LogP contribution in [0, 0.1) is 17.8 Å². The van der Waals surface area contributed by atoms with Gasteiger partial charge in [-0.2, -0.15) is 0 Å². The molecule has 0 N–H and O–H groups in total. The molecule has 3 atom stereocenters. The van der Waals surface area contributed by atoms with Gasteiger partial charge in [0.1, 0.15) is 6.10 Å². The molecule has 1 aromatic carbocycles. The van der Waals surface area contributed by atoms with Crippen LogP contribution in [0.4, 0.5) is 0 Å². The van der Waals surface area contributed by atoms with E-state index in [1.807, 2.05) is 12.1 Å². The molecule has 2 saturated carbocycles. The highest BCUT2D eigenvalue weighted by molar-refractivity contribution is 5.89. The van der Waals surface area contributed by atoms with Crippen molar-refractivity contribution in [2.75, 3.05) is 0 Å². The molecule has 2 aliphatic rings. The molecule has 27 heavy (non-hydrogen) atoms. The van der Waals surface area contributed by atoms with Gasteiger partial charge in [0.15, 0.2) is 0 Å². The largest absolute Gasteiger partial charge is 0.459 e. The Hall–Kier alpha value is -1.31. The van der Waals surface area contributed by atoms with Crippen LogP contribution in [0.25, 0.3) is 0 Å². The van der Waals surface area contributed by atoms with Crippen molar-refractivity contribution in [3.8, 4) is 0 Å². The first kappa shape index (κ1) is 20.4. The minimum atomic E-state index is -0.138. The van der Waals surface area contributed by atoms with Crippen LogP contribution in [0.5, 0.6) is 0 Å². The zero-order chi connectivity index (χ0) is 19.2. The van der Waals surface area contributed by atoms with Gasteiger partial charge in [-0.3, -0.25) is 0 Å². The molecule has 0 saturated heterocycles. The van der Waals surface area contributed by atoms with Crippen LogP contribution in [0.3, 0.4) is 0 Å². The number of carbonyl (C=O) groups excluding carboxylic acids is 1. The van der Waals surface area contributed by atoms with E-state index in [0.717, 1.165) is 30.6 Å². The van der Waals surface area contributed by atoms with Crippen molar-refractivity contribution in [1.29, 1.82) is 0 Å². The second-order valence-corrected chi connectivity index (χ2v) is 9.13. The average Bonchev–Trinajstić information content (AvgIpc) is 2.69. The number of hydrogen-bond acceptors (Lipinski definition) is 2. The summed E-state index contributed by atoms with van der Waals surface area (Å²) in [5.74, 6) is 2.99. The Morgan fingerprint density at radius 1 is 0.963 bits per heavy atom. The van der Waals surface area contributed by atoms with Crippen LogP contribution in [0.2, 0.25) is 0 Å². The Balaban J connectivity index is 1.53. The molecule has 2 heteroatoms. The van der Waals surface area contributed by atoms with E-state index in [1.54, 1.807) is 0 Å². The zero-order valence-electron chi connectivity index (χ0n) is 17.6. The summed E-state index contributed by atoms with van der Waals surface area (Å²) in [7, 11) is 0. The minimum Gasteiger partial charge on any atom is -0.459 e. The van der Waals surface area contributed by atoms with Crippen molar-refractivity contribution in [3.63, 3.8) is 0 Å². The molecule has 0 heterocycles. The number of benzene rings is 1. The predicted molar refractivity (Wildman–Crippen MR) is 112 cm³/mol. The summed E-state index contributed by atoms with van der Waals surface area (Å²) in [6, 6.07) is 8.32. The Morgan fingerprint density at radius 2 is 1.63 bits per heavy atom. The molecule has 2 aliphatic carbocycles. The summed E-state index contributed by atoms with van der Waals surface area (Å²) in [6.45, 7) is 6.96. The van der Waals surface area contributed by atoms with Gasteiger partial charge in [-0.15, -0.1) is 0 Å². The second-order valence-electron chi connectivity index (χ2n) is 9.13. The molecule has 0 aliphatic heterocycles. The fourth-order valence-electron chi connectivity index (χ4n) is 5.42. The van der Waals surface area contributed by atoms with Gasteiger partial charge in [-0.05, 0) is 86.3 Å². The maximum absolute atomic E-state index is 12.5. The Morgan fingerprint density at radius 3 is 2.22 bits per heavy atom. The second kappa shape index (κ2) is 9.75. The van der Waals surface area contributed by atoms with Crippen molar-refractivity contribution < 1.29 is 9.53 Å². The predicted octanol–water partition coefficient (Wildman–Crippen LogP) is 7.13. The van der Waals surface area contributed by atoms with Gasteiger partial charge >= 0.3 is 5.97 Å². The van der Waals surface area contributed by atoms with Crippen LogP contribution in [0.15, 0.2) is 24.3 Å². The van der Waals surface area contributed by atoms with E-state index >= 15 is 0 Å². The average molecular weight is 371 g/mol. The smallest absolute Gasteiger partial charge is 0.338 e. The Labute approximate surface area is 166 Å². The third-order valence-corrected chi connectivity index (χ3v) is 7.19. The summed E-state index contributed by atoms with van der Waals surface area (Å²) in [5, 5.41) is 0. The van der Waals surface area contributed by atoms with Crippen LogP contribution in [0.1, 0.15) is 107 Å². The van der Waals surface area contributed by atoms with E-state index in [4.69, 9.17) is 4.74 Å². The quantitative estimate of drug-likeness (QED) is 0.498. The lowest BCUT2D eigenvalue weighted by molar-refractivity contribution is 0.0164. The number of esters is 1. The highest BCUT2D eigenvalue weighted by Gasteiger charge is 2.28. The maximum atomic E-state index is 12.5. The van der Waals surface area contributed by atoms with Crippen molar-refractivity contribution in [2.24, 2.45) is 17.8 Å². The Bertz CT molecular complexity index is 583. The topological polar surface area (TPSA) is 26.3 Å². The Kier molecular flexibility index (Phi) is 7.38. The molecule has 2 fully saturated rings. The molecule has 1 aromatic rings. The summed E-state index contributed by atoms with van der Waals surface area (Å²) in [4.78, 5) is 12.5. The number of ether oxygens (including phenoxy) is 1. The first-order chi connectivity index (χ1) is 13.1. The summed E-state index contributed by atoms with van der Waals surface area (Å²) in [5.41, 5.74) is 2.11. The van der Waals surface area contributed by atoms with Gasteiger partial charge < -0.3 is 4.74 Å². The molecule has 2 nitrogen and oxygen atoms in total. The third-order valence-electron chi connectivity index (χ3n) is 7.19. The fraction of sp³-hybridized carbons (Fsp3) is 0.720. The number of rotatable bonds is 6. The van der Waals surface area contributed by atoms with E-state index in [1.165, 1.54) is 56.9 Å². The van der Waals surface area contributed by atoms with E-state index < -0.39 is 0 Å². The van der Waals surface area contributed by atoms with Gasteiger partial charge in [-0.1, -0.05) is 52.2 Å². The summed E-state index contributed by atoms with van der Waals surface area (Å²) < 4.78 is 5.78. The van der Waals surface area contributed by atoms with Gasteiger partial charge in [0.2, 0.25) is 0 Å². The highest BCUT2D eigenvalue weighted by Crippen LogP contribution is 2.41. The zero-order valence-corrected chi connectivity index (χ0v) is 17.6. The molecular weight excluding hydrogens is 332 g/mol. The molecule has 0 radical (unpaired) electrons. The summed E-state index contributed by atoms with van der Waals surface area (Å²) in [6.07, 6.45) is 12.5. The van der Waals surface area contributed by atoms with Crippen LogP contribution < -0.4 is 0 Å². The van der Waals surface area contributed by atoms with Crippen molar-refractivity contribution in [2.45, 2.75) is 97.0 Å². The van der Waals surface area contributed by atoms with E-state index in [9.17, 15) is 4.79 Å². The molecule has 150 valence electrons. The monoisotopic (exact) mass is 370 g/mol. The molecule has 1 unspecified atom stereocenters. The molecular formula is C25H38O2. The van der Waals surface area contributed by atoms with E-state index in [-0.39, 0.29) is 12.1 Å². The summed E-state index contributed by atoms with van der Waals surface area (Å²) >= 11 is 0. The van der Waals surface area contributed by atoms with Crippen molar-refractivity contribution in [3.05, 3.63) is 35.4 Å². The maximum Gasteiger partial charge on any atom is 0.338 e. The number of hydrogen-bond donors (Lipinski definition) is 0. The van der Waals surface area contributed by atoms with Crippen molar-refractivity contribution in [1.82, 2.24) is 0 Å². The van der Waals surface area contributed by atoms with Crippen molar-refractivity contribution >= 4 is 5.97 Å². The van der Waals surface area contributed by atoms with Gasteiger partial charge in [-0.25, -0.2) is 4.79 Å². The molecule has 0 aromatic heterocycles. The molecule has 0 amide bonds. The first-order valence-corrected chi connectivity index (χ1v) is 11.4. The highest BCUT2D eigenvalue weighted by atomic mass is 16.5. The van der Waals surface area contributed by atoms with Crippen LogP contribution in [-0.4, -0.2) is 12.1 Å². The third kappa shape index (κ3) is 5.36. The van der Waals surface area contributed by atoms with Crippen LogP contribution >= 0.6 is 0 Å². The first-order valence-electron chi connectivity index (χ1n) is 11.4. The minimum absolute atomic E-state index is 0.119. The molecule has 0 spiro atoms. The molecule has 3 rings (SSSR count). The number of carbonyl (C=O) groups is 1. The lowest BCUT2D eigenvalue weighted by atomic mass is 9.71. The van der Waals surface area contributed by atoms with Gasteiger partial charge in [0.25, 0.3) is 0 Å². The lowest BCUT2D eigenvalue weighted by Gasteiger charge is -2.34. The standard InChI is InChI=1S/C25H38O2/c1-4-6-20-9-16-24(18(3)17-20)21-10-12-22(13-11-21)25(26)27-23-14-7-19(5-2)8-15-23/h10-13,18-20,23-24H,4-9,14-17H2,1-3H3/t18-,19?,20?,23?,24-/m1/s1. The fourth-order valence-corrected chi connectivity index (χ4v) is 5.42. The van der Waals surface area contributed by atoms with E-state index in [0.29, 0.717) is 11.5 Å². The SMILES string of the molecule is CCCC1CC[C@@H](c2ccc(C(=O)OC3CCC(CC)CC3)cc2)[C@H](C)C1. The van der Waals surface area contributed by atoms with Crippen LogP contribution in [-0.2, 0) is 4.74 Å². The lowest BCUT2D eigenvalue weighted by Crippen LogP contribution is -2.24. The molecule has 0 bridgehead atoms. The van der Waals surface area contributed by atoms with Gasteiger partial charge in [0, 0.05) is 0 Å². The van der Waals surface area contributed by atoms with Gasteiger partial charge in [0.05, 0.1) is 5.56 Å². The normalized spacial score (nSPS) is 31.4.